The number of nitrogens with two attached hydrogens (primary N) is 1. The van der Waals surface area contributed by atoms with E-state index in [1.54, 1.807) is 17.0 Å². The van der Waals surface area contributed by atoms with Crippen LogP contribution in [0.25, 0.3) is 11.5 Å². The standard InChI is InChI=1S/C39H47FN4O5/c1-3-15-44(38(47)31-23-29(36(41)46)22-30(24-31)37-42-14-18-49-37)16-5-6-17-48-35-21-28(20-33(40)25-35)10-11-34(45)26-43-39(12-13-39)32-9-7-8-27(4-2)19-32/h7-9,14,18-25,34,43,45H,3-6,10-13,15-17,26H2,1-2H3,(H2,41,46)/t34-/m0/s1. The molecule has 4 aromatic rings. The average Bonchev–Trinajstić information content (AvgIpc) is 3.70. The van der Waals surface area contributed by atoms with Gasteiger partial charge in [0.25, 0.3) is 5.91 Å². The molecule has 1 heterocycles. The molecule has 0 aliphatic heterocycles. The van der Waals surface area contributed by atoms with E-state index in [4.69, 9.17) is 14.9 Å². The van der Waals surface area contributed by atoms with Gasteiger partial charge >= 0.3 is 0 Å². The molecular weight excluding hydrogens is 623 g/mol. The number of carbonyl (C=O) groups excluding carboxylic acids is 2. The Morgan fingerprint density at radius 3 is 2.59 bits per heavy atom. The van der Waals surface area contributed by atoms with Crippen LogP contribution in [0.15, 0.2) is 77.5 Å². The van der Waals surface area contributed by atoms with Gasteiger partial charge < -0.3 is 30.2 Å². The SMILES string of the molecule is CCCN(CCCCOc1cc(F)cc(CC[C@H](O)CNC2(c3cccc(CC)c3)CC2)c1)C(=O)c1cc(C(N)=O)cc(-c2ncco2)c1. The third-order valence-electron chi connectivity index (χ3n) is 9.03. The number of aryl methyl sites for hydroxylation is 2. The number of oxazole rings is 1. The second-order valence-electron chi connectivity index (χ2n) is 12.9. The molecule has 5 rings (SSSR count). The fourth-order valence-electron chi connectivity index (χ4n) is 6.12. The van der Waals surface area contributed by atoms with Gasteiger partial charge in [0, 0.05) is 47.9 Å². The average molecular weight is 671 g/mol. The molecular formula is C39H47FN4O5. The van der Waals surface area contributed by atoms with E-state index in [0.717, 1.165) is 31.2 Å². The van der Waals surface area contributed by atoms with Gasteiger partial charge in [-0.05, 0) is 98.4 Å². The molecule has 1 atom stereocenters. The van der Waals surface area contributed by atoms with Crippen LogP contribution in [-0.2, 0) is 18.4 Å². The Morgan fingerprint density at radius 1 is 1.06 bits per heavy atom. The molecule has 0 saturated heterocycles. The van der Waals surface area contributed by atoms with Gasteiger partial charge in [-0.15, -0.1) is 0 Å². The number of ether oxygens (including phenoxy) is 1. The Morgan fingerprint density at radius 2 is 1.88 bits per heavy atom. The van der Waals surface area contributed by atoms with Gasteiger partial charge in [0.15, 0.2) is 0 Å². The quantitative estimate of drug-likeness (QED) is 0.0981. The summed E-state index contributed by atoms with van der Waals surface area (Å²) < 4.78 is 25.8. The van der Waals surface area contributed by atoms with Gasteiger partial charge in [-0.3, -0.25) is 9.59 Å². The summed E-state index contributed by atoms with van der Waals surface area (Å²) in [6, 6.07) is 18.0. The lowest BCUT2D eigenvalue weighted by molar-refractivity contribution is 0.0750. The minimum atomic E-state index is -0.647. The van der Waals surface area contributed by atoms with Crippen molar-refractivity contribution >= 4 is 11.8 Å². The molecule has 9 nitrogen and oxygen atoms in total. The van der Waals surface area contributed by atoms with Gasteiger partial charge in [-0.2, -0.15) is 0 Å². The van der Waals surface area contributed by atoms with Crippen molar-refractivity contribution in [1.29, 1.82) is 0 Å². The summed E-state index contributed by atoms with van der Waals surface area (Å²) in [7, 11) is 0. The molecule has 0 bridgehead atoms. The maximum Gasteiger partial charge on any atom is 0.253 e. The van der Waals surface area contributed by atoms with E-state index in [-0.39, 0.29) is 22.8 Å². The second-order valence-corrected chi connectivity index (χ2v) is 12.9. The van der Waals surface area contributed by atoms with Crippen LogP contribution in [0, 0.1) is 5.82 Å². The zero-order valence-electron chi connectivity index (χ0n) is 28.4. The van der Waals surface area contributed by atoms with E-state index in [0.29, 0.717) is 74.7 Å². The number of primary amides is 1. The molecule has 1 fully saturated rings. The van der Waals surface area contributed by atoms with Gasteiger partial charge in [0.1, 0.15) is 17.8 Å². The first-order chi connectivity index (χ1) is 23.7. The normalized spacial score (nSPS) is 14.0. The highest BCUT2D eigenvalue weighted by atomic mass is 19.1. The molecule has 4 N–H and O–H groups in total. The number of nitrogens with one attached hydrogen (secondary N) is 1. The molecule has 0 radical (unpaired) electrons. The Kier molecular flexibility index (Phi) is 12.2. The number of aliphatic hydroxyl groups is 1. The van der Waals surface area contributed by atoms with Crippen LogP contribution in [0.5, 0.6) is 5.75 Å². The molecule has 3 aromatic carbocycles. The van der Waals surface area contributed by atoms with Crippen molar-refractivity contribution in [1.82, 2.24) is 15.2 Å². The second kappa shape index (κ2) is 16.7. The van der Waals surface area contributed by atoms with E-state index < -0.39 is 12.0 Å². The number of amides is 2. The maximum atomic E-state index is 14.5. The summed E-state index contributed by atoms with van der Waals surface area (Å²) >= 11 is 0. The number of aromatic nitrogens is 1. The van der Waals surface area contributed by atoms with Gasteiger partial charge in [0.05, 0.1) is 18.9 Å². The fourth-order valence-corrected chi connectivity index (χ4v) is 6.12. The third-order valence-corrected chi connectivity index (χ3v) is 9.03. The van der Waals surface area contributed by atoms with E-state index >= 15 is 0 Å². The number of unbranched alkanes of at least 4 members (excludes halogenated alkanes) is 1. The maximum absolute atomic E-state index is 14.5. The number of halogens is 1. The van der Waals surface area contributed by atoms with Crippen LogP contribution in [0.1, 0.15) is 89.8 Å². The van der Waals surface area contributed by atoms with Gasteiger partial charge in [-0.1, -0.05) is 38.1 Å². The number of aliphatic hydroxyl groups excluding tert-OH is 1. The van der Waals surface area contributed by atoms with Crippen LogP contribution in [0.2, 0.25) is 0 Å². The summed E-state index contributed by atoms with van der Waals surface area (Å²) in [5, 5.41) is 14.3. The highest BCUT2D eigenvalue weighted by Crippen LogP contribution is 2.45. The molecule has 1 aromatic heterocycles. The summed E-state index contributed by atoms with van der Waals surface area (Å²) in [6.45, 7) is 6.00. The van der Waals surface area contributed by atoms with E-state index in [1.165, 1.54) is 41.8 Å². The minimum Gasteiger partial charge on any atom is -0.493 e. The van der Waals surface area contributed by atoms with Crippen molar-refractivity contribution in [3.63, 3.8) is 0 Å². The van der Waals surface area contributed by atoms with E-state index in [1.807, 2.05) is 13.0 Å². The lowest BCUT2D eigenvalue weighted by Gasteiger charge is -2.23. The molecule has 1 saturated carbocycles. The number of rotatable bonds is 19. The molecule has 2 amide bonds. The lowest BCUT2D eigenvalue weighted by Crippen LogP contribution is -2.36. The lowest BCUT2D eigenvalue weighted by atomic mass is 10.00. The monoisotopic (exact) mass is 670 g/mol. The van der Waals surface area contributed by atoms with Crippen molar-refractivity contribution in [3.8, 4) is 17.2 Å². The summed E-state index contributed by atoms with van der Waals surface area (Å²) in [4.78, 5) is 31.4. The first-order valence-electron chi connectivity index (χ1n) is 17.3. The predicted octanol–water partition coefficient (Wildman–Crippen LogP) is 6.43. The van der Waals surface area contributed by atoms with Crippen LogP contribution in [0.3, 0.4) is 0 Å². The molecule has 49 heavy (non-hydrogen) atoms. The number of nitrogens with zero attached hydrogens (tertiary/aromatic N) is 2. The highest BCUT2D eigenvalue weighted by Gasteiger charge is 2.44. The summed E-state index contributed by atoms with van der Waals surface area (Å²) in [5.74, 6) is -0.509. The Hall–Kier alpha value is -4.54. The third kappa shape index (κ3) is 9.77. The minimum absolute atomic E-state index is 0.0511. The molecule has 1 aliphatic rings. The van der Waals surface area contributed by atoms with Crippen molar-refractivity contribution in [2.24, 2.45) is 5.73 Å². The van der Waals surface area contributed by atoms with Gasteiger partial charge in [-0.25, -0.2) is 9.37 Å². The van der Waals surface area contributed by atoms with E-state index in [9.17, 15) is 19.1 Å². The first-order valence-corrected chi connectivity index (χ1v) is 17.3. The molecule has 0 unspecified atom stereocenters. The number of carbonyl (C=O) groups is 2. The van der Waals surface area contributed by atoms with E-state index in [2.05, 4.69) is 41.5 Å². The van der Waals surface area contributed by atoms with Crippen LogP contribution in [0.4, 0.5) is 4.39 Å². The van der Waals surface area contributed by atoms with Crippen molar-refractivity contribution in [2.45, 2.75) is 76.9 Å². The highest BCUT2D eigenvalue weighted by molar-refractivity contribution is 6.00. The van der Waals surface area contributed by atoms with Crippen LogP contribution < -0.4 is 15.8 Å². The largest absolute Gasteiger partial charge is 0.493 e. The molecule has 1 aliphatic carbocycles. The number of hydrogen-bond acceptors (Lipinski definition) is 7. The topological polar surface area (TPSA) is 131 Å². The fraction of sp³-hybridized carbons (Fsp3) is 0.410. The Balaban J connectivity index is 1.09. The molecule has 260 valence electrons. The molecule has 0 spiro atoms. The smallest absolute Gasteiger partial charge is 0.253 e. The summed E-state index contributed by atoms with van der Waals surface area (Å²) in [6.07, 6.45) is 8.57. The zero-order valence-corrected chi connectivity index (χ0v) is 28.4. The predicted molar refractivity (Wildman–Crippen MR) is 187 cm³/mol. The Bertz CT molecular complexity index is 1710. The Labute approximate surface area is 287 Å². The molecule has 10 heteroatoms. The van der Waals surface area contributed by atoms with Gasteiger partial charge in [0.2, 0.25) is 11.8 Å². The van der Waals surface area contributed by atoms with Crippen molar-refractivity contribution < 1.29 is 28.2 Å². The van der Waals surface area contributed by atoms with Crippen LogP contribution >= 0.6 is 0 Å². The zero-order chi connectivity index (χ0) is 34.8. The number of hydrogen-bond donors (Lipinski definition) is 3. The summed E-state index contributed by atoms with van der Waals surface area (Å²) in [5.41, 5.74) is 9.88. The van der Waals surface area contributed by atoms with Crippen molar-refractivity contribution in [3.05, 3.63) is 107 Å². The van der Waals surface area contributed by atoms with Crippen LogP contribution in [-0.4, -0.2) is 59.1 Å². The number of benzene rings is 3. The first kappa shape index (κ1) is 35.8. The van der Waals surface area contributed by atoms with Crippen molar-refractivity contribution in [2.75, 3.05) is 26.2 Å².